The quantitative estimate of drug-likeness (QED) is 0.744. The van der Waals surface area contributed by atoms with Crippen LogP contribution in [0, 0.1) is 5.92 Å². The summed E-state index contributed by atoms with van der Waals surface area (Å²) in [6.07, 6.45) is 3.20. The molecule has 0 aromatic carbocycles. The first-order valence-electron chi connectivity index (χ1n) is 6.30. The Balaban J connectivity index is 2.05. The Labute approximate surface area is 114 Å². The zero-order chi connectivity index (χ0) is 14.7. The van der Waals surface area contributed by atoms with Crippen LogP contribution in [-0.2, 0) is 16.3 Å². The topological polar surface area (TPSA) is 116 Å². The molecule has 0 fully saturated rings. The summed E-state index contributed by atoms with van der Waals surface area (Å²) in [6, 6.07) is -0.659. The molecule has 108 valence electrons. The summed E-state index contributed by atoms with van der Waals surface area (Å²) in [5.74, 6) is -0.185. The van der Waals surface area contributed by atoms with Gasteiger partial charge >= 0.3 is 5.97 Å². The van der Waals surface area contributed by atoms with Gasteiger partial charge in [0.25, 0.3) is 5.56 Å². The highest BCUT2D eigenvalue weighted by atomic mass is 16.5. The molecule has 0 saturated heterocycles. The van der Waals surface area contributed by atoms with E-state index in [9.17, 15) is 9.59 Å². The number of rotatable bonds is 5. The predicted octanol–water partition coefficient (Wildman–Crippen LogP) is -0.00630. The van der Waals surface area contributed by atoms with E-state index in [-0.39, 0.29) is 12.3 Å². The fourth-order valence-electron chi connectivity index (χ4n) is 1.84. The third-order valence-corrected chi connectivity index (χ3v) is 2.80. The van der Waals surface area contributed by atoms with Gasteiger partial charge in [0.1, 0.15) is 11.4 Å². The largest absolute Gasteiger partial charge is 0.441 e. The van der Waals surface area contributed by atoms with Crippen molar-refractivity contribution in [2.75, 3.05) is 0 Å². The third-order valence-electron chi connectivity index (χ3n) is 2.80. The lowest BCUT2D eigenvalue weighted by Gasteiger charge is -2.13. The molecule has 2 aromatic rings. The predicted molar refractivity (Wildman–Crippen MR) is 71.7 cm³/mol. The molecule has 0 aliphatic heterocycles. The van der Waals surface area contributed by atoms with E-state index in [4.69, 9.17) is 10.5 Å². The maximum absolute atomic E-state index is 11.7. The molecule has 0 saturated carbocycles. The van der Waals surface area contributed by atoms with Crippen molar-refractivity contribution in [1.29, 1.82) is 0 Å². The smallest absolute Gasteiger partial charge is 0.324 e. The molecular formula is C12H17N5O3. The van der Waals surface area contributed by atoms with Crippen LogP contribution in [-0.4, -0.2) is 31.8 Å². The lowest BCUT2D eigenvalue weighted by atomic mass is 10.1. The van der Waals surface area contributed by atoms with Crippen LogP contribution in [0.5, 0.6) is 0 Å². The van der Waals surface area contributed by atoms with Crippen molar-refractivity contribution < 1.29 is 9.53 Å². The summed E-state index contributed by atoms with van der Waals surface area (Å²) in [6.45, 7) is 3.83. The number of nitrogens with two attached hydrogens (primary N) is 1. The van der Waals surface area contributed by atoms with Crippen molar-refractivity contribution in [3.8, 4) is 0 Å². The van der Waals surface area contributed by atoms with Crippen LogP contribution in [0.2, 0.25) is 0 Å². The molecule has 0 spiro atoms. The summed E-state index contributed by atoms with van der Waals surface area (Å²) in [5, 5.41) is 4.31. The molecule has 3 N–H and O–H groups in total. The van der Waals surface area contributed by atoms with Gasteiger partial charge in [0.15, 0.2) is 12.4 Å². The number of hydrogen-bond acceptors (Lipinski definition) is 6. The van der Waals surface area contributed by atoms with E-state index in [0.717, 1.165) is 0 Å². The molecule has 0 aliphatic rings. The lowest BCUT2D eigenvalue weighted by molar-refractivity contribution is -0.149. The highest BCUT2D eigenvalue weighted by Gasteiger charge is 2.17. The number of aromatic amines is 1. The van der Waals surface area contributed by atoms with Crippen molar-refractivity contribution in [2.24, 2.45) is 11.7 Å². The lowest BCUT2D eigenvalue weighted by Crippen LogP contribution is -2.34. The Hall–Kier alpha value is -2.22. The van der Waals surface area contributed by atoms with Gasteiger partial charge in [0.2, 0.25) is 0 Å². The van der Waals surface area contributed by atoms with E-state index in [1.807, 2.05) is 13.8 Å². The van der Waals surface area contributed by atoms with Crippen LogP contribution in [0.15, 0.2) is 17.3 Å². The molecular weight excluding hydrogens is 262 g/mol. The van der Waals surface area contributed by atoms with Crippen LogP contribution in [0.25, 0.3) is 11.0 Å². The summed E-state index contributed by atoms with van der Waals surface area (Å²) >= 11 is 0. The SMILES string of the molecule is CC(C)CC(N)C(=O)OCn1ncc2c(=O)[nH]cnc21. The molecule has 0 amide bonds. The van der Waals surface area contributed by atoms with Crippen molar-refractivity contribution >= 4 is 17.0 Å². The Kier molecular flexibility index (Phi) is 4.14. The highest BCUT2D eigenvalue weighted by Crippen LogP contribution is 2.07. The van der Waals surface area contributed by atoms with E-state index in [1.54, 1.807) is 0 Å². The number of aromatic nitrogens is 4. The number of esters is 1. The van der Waals surface area contributed by atoms with Crippen LogP contribution >= 0.6 is 0 Å². The maximum atomic E-state index is 11.7. The first-order valence-corrected chi connectivity index (χ1v) is 6.30. The first-order chi connectivity index (χ1) is 9.49. The Morgan fingerprint density at radius 2 is 2.30 bits per heavy atom. The molecule has 1 unspecified atom stereocenters. The van der Waals surface area contributed by atoms with Gasteiger partial charge in [0.05, 0.1) is 12.5 Å². The number of H-pyrrole nitrogens is 1. The second-order valence-electron chi connectivity index (χ2n) is 4.94. The van der Waals surface area contributed by atoms with Gasteiger partial charge in [-0.3, -0.25) is 9.59 Å². The minimum Gasteiger partial charge on any atom is -0.441 e. The number of carbonyl (C=O) groups excluding carboxylic acids is 1. The van der Waals surface area contributed by atoms with Crippen LogP contribution in [0.3, 0.4) is 0 Å². The molecule has 2 rings (SSSR count). The molecule has 1 atom stereocenters. The van der Waals surface area contributed by atoms with Gasteiger partial charge in [-0.1, -0.05) is 13.8 Å². The van der Waals surface area contributed by atoms with E-state index < -0.39 is 12.0 Å². The summed E-state index contributed by atoms with van der Waals surface area (Å²) in [7, 11) is 0. The molecule has 2 heterocycles. The van der Waals surface area contributed by atoms with Gasteiger partial charge in [-0.15, -0.1) is 0 Å². The standard InChI is InChI=1S/C12H17N5O3/c1-7(2)3-9(13)12(19)20-6-17-10-8(4-16-17)11(18)15-5-14-10/h4-5,7,9H,3,6,13H2,1-2H3,(H,14,15,18). The molecule has 8 heteroatoms. The van der Waals surface area contributed by atoms with Gasteiger partial charge < -0.3 is 15.5 Å². The normalized spacial score (nSPS) is 12.8. The minimum absolute atomic E-state index is 0.120. The number of hydrogen-bond donors (Lipinski definition) is 2. The number of nitrogens with zero attached hydrogens (tertiary/aromatic N) is 3. The second kappa shape index (κ2) is 5.83. The molecule has 8 nitrogen and oxygen atoms in total. The van der Waals surface area contributed by atoms with E-state index in [0.29, 0.717) is 23.4 Å². The van der Waals surface area contributed by atoms with Crippen LogP contribution in [0.1, 0.15) is 20.3 Å². The number of carbonyl (C=O) groups is 1. The molecule has 0 aliphatic carbocycles. The summed E-state index contributed by atoms with van der Waals surface area (Å²) in [4.78, 5) is 29.6. The van der Waals surface area contributed by atoms with Crippen molar-refractivity contribution in [1.82, 2.24) is 19.7 Å². The molecule has 0 radical (unpaired) electrons. The van der Waals surface area contributed by atoms with Crippen molar-refractivity contribution in [2.45, 2.75) is 33.0 Å². The fourth-order valence-corrected chi connectivity index (χ4v) is 1.84. The van der Waals surface area contributed by atoms with Gasteiger partial charge in [-0.25, -0.2) is 9.67 Å². The van der Waals surface area contributed by atoms with Crippen molar-refractivity contribution in [3.05, 3.63) is 22.9 Å². The summed E-state index contributed by atoms with van der Waals surface area (Å²) < 4.78 is 6.42. The Bertz CT molecular complexity index is 660. The zero-order valence-electron chi connectivity index (χ0n) is 11.4. The van der Waals surface area contributed by atoms with Crippen LogP contribution < -0.4 is 11.3 Å². The van der Waals surface area contributed by atoms with E-state index in [2.05, 4.69) is 15.1 Å². The second-order valence-corrected chi connectivity index (χ2v) is 4.94. The average molecular weight is 279 g/mol. The van der Waals surface area contributed by atoms with Crippen LogP contribution in [0.4, 0.5) is 0 Å². The average Bonchev–Trinajstić information content (AvgIpc) is 2.79. The van der Waals surface area contributed by atoms with E-state index in [1.165, 1.54) is 17.2 Å². The van der Waals surface area contributed by atoms with E-state index >= 15 is 0 Å². The Morgan fingerprint density at radius 3 is 3.00 bits per heavy atom. The van der Waals surface area contributed by atoms with Gasteiger partial charge in [0, 0.05) is 0 Å². The molecule has 2 aromatic heterocycles. The minimum atomic E-state index is -0.659. The van der Waals surface area contributed by atoms with Gasteiger partial charge in [-0.2, -0.15) is 5.10 Å². The first kappa shape index (κ1) is 14.2. The number of ether oxygens (including phenoxy) is 1. The fraction of sp³-hybridized carbons (Fsp3) is 0.500. The maximum Gasteiger partial charge on any atom is 0.324 e. The third kappa shape index (κ3) is 3.02. The monoisotopic (exact) mass is 279 g/mol. The van der Waals surface area contributed by atoms with Crippen molar-refractivity contribution in [3.63, 3.8) is 0 Å². The molecule has 20 heavy (non-hydrogen) atoms. The highest BCUT2D eigenvalue weighted by molar-refractivity contribution is 5.75. The zero-order valence-corrected chi connectivity index (χ0v) is 11.4. The summed E-state index contributed by atoms with van der Waals surface area (Å²) in [5.41, 5.74) is 5.79. The molecule has 0 bridgehead atoms. The number of nitrogens with one attached hydrogen (secondary N) is 1. The number of fused-ring (bicyclic) bond motifs is 1. The van der Waals surface area contributed by atoms with Gasteiger partial charge in [-0.05, 0) is 12.3 Å². The Morgan fingerprint density at radius 1 is 1.55 bits per heavy atom.